The number of nitrogens with zero attached hydrogens (tertiary/aromatic N) is 3. The first-order valence-corrected chi connectivity index (χ1v) is 13.3. The molecule has 0 unspecified atom stereocenters. The first kappa shape index (κ1) is 25.0. The van der Waals surface area contributed by atoms with E-state index in [1.54, 1.807) is 6.92 Å². The van der Waals surface area contributed by atoms with Crippen molar-refractivity contribution in [1.29, 1.82) is 5.26 Å². The summed E-state index contributed by atoms with van der Waals surface area (Å²) in [4.78, 5) is 14.2. The highest BCUT2D eigenvalue weighted by Crippen LogP contribution is 2.35. The van der Waals surface area contributed by atoms with Gasteiger partial charge in [-0.05, 0) is 50.1 Å². The number of carbonyl (C=O) groups is 1. The first-order valence-electron chi connectivity index (χ1n) is 12.2. The fourth-order valence-electron chi connectivity index (χ4n) is 4.46. The minimum Gasteiger partial charge on any atom is -0.493 e. The van der Waals surface area contributed by atoms with E-state index in [9.17, 15) is 10.1 Å². The van der Waals surface area contributed by atoms with Crippen LogP contribution in [-0.4, -0.2) is 59.9 Å². The van der Waals surface area contributed by atoms with Gasteiger partial charge in [-0.15, -0.1) is 0 Å². The third-order valence-electron chi connectivity index (χ3n) is 6.14. The lowest BCUT2D eigenvalue weighted by molar-refractivity contribution is 0.168. The maximum absolute atomic E-state index is 11.7. The monoisotopic (exact) mass is 492 g/mol. The van der Waals surface area contributed by atoms with Gasteiger partial charge in [0.25, 0.3) is 0 Å². The second kappa shape index (κ2) is 12.0. The highest BCUT2D eigenvalue weighted by molar-refractivity contribution is 7.99. The molecule has 1 fully saturated rings. The molecular formula is C27H32N4O3S. The number of hydrogen-bond donors (Lipinski definition) is 1. The van der Waals surface area contributed by atoms with E-state index in [1.807, 2.05) is 54.2 Å². The molecule has 1 aliphatic rings. The highest BCUT2D eigenvalue weighted by Gasteiger charge is 2.19. The fourth-order valence-corrected chi connectivity index (χ4v) is 5.44. The van der Waals surface area contributed by atoms with Gasteiger partial charge >= 0.3 is 6.09 Å². The third kappa shape index (κ3) is 5.92. The zero-order valence-corrected chi connectivity index (χ0v) is 21.2. The molecule has 0 radical (unpaired) electrons. The van der Waals surface area contributed by atoms with Crippen LogP contribution in [0.5, 0.6) is 5.75 Å². The summed E-state index contributed by atoms with van der Waals surface area (Å²) >= 11 is 2.03. The van der Waals surface area contributed by atoms with Crippen LogP contribution in [-0.2, 0) is 11.3 Å². The number of nitrogens with one attached hydrogen (secondary N) is 1. The molecule has 8 heteroatoms. The van der Waals surface area contributed by atoms with Gasteiger partial charge in [0, 0.05) is 54.8 Å². The third-order valence-corrected chi connectivity index (χ3v) is 7.08. The first-order chi connectivity index (χ1) is 17.1. The van der Waals surface area contributed by atoms with Crippen LogP contribution in [0.4, 0.5) is 10.5 Å². The number of ether oxygens (including phenoxy) is 2. The minimum atomic E-state index is -0.483. The number of amides is 1. The van der Waals surface area contributed by atoms with E-state index in [4.69, 9.17) is 9.47 Å². The van der Waals surface area contributed by atoms with Crippen molar-refractivity contribution >= 4 is 34.4 Å². The zero-order valence-electron chi connectivity index (χ0n) is 20.4. The molecule has 1 amide bonds. The van der Waals surface area contributed by atoms with Crippen LogP contribution in [0, 0.1) is 11.3 Å². The maximum Gasteiger partial charge on any atom is 0.411 e. The predicted octanol–water partition coefficient (Wildman–Crippen LogP) is 5.59. The predicted molar refractivity (Wildman–Crippen MR) is 142 cm³/mol. The number of aryl methyl sites for hydroxylation is 1. The Bertz CT molecular complexity index is 1190. The van der Waals surface area contributed by atoms with E-state index in [-0.39, 0.29) is 0 Å². The Kier molecular flexibility index (Phi) is 8.56. The highest BCUT2D eigenvalue weighted by atomic mass is 32.2. The average molecular weight is 493 g/mol. The number of benzene rings is 2. The van der Waals surface area contributed by atoms with E-state index in [2.05, 4.69) is 27.8 Å². The normalized spacial score (nSPS) is 14.0. The van der Waals surface area contributed by atoms with Crippen molar-refractivity contribution in [3.63, 3.8) is 0 Å². The number of fused-ring (bicyclic) bond motifs is 1. The second-order valence-corrected chi connectivity index (χ2v) is 9.56. The topological polar surface area (TPSA) is 79.5 Å². The summed E-state index contributed by atoms with van der Waals surface area (Å²) in [5, 5.41) is 13.6. The van der Waals surface area contributed by atoms with Gasteiger partial charge in [0.2, 0.25) is 0 Å². The van der Waals surface area contributed by atoms with E-state index in [0.29, 0.717) is 31.0 Å². The van der Waals surface area contributed by atoms with Crippen LogP contribution < -0.4 is 10.1 Å². The molecular weight excluding hydrogens is 460 g/mol. The molecule has 1 aliphatic heterocycles. The molecule has 0 bridgehead atoms. The van der Waals surface area contributed by atoms with Crippen LogP contribution in [0.3, 0.4) is 0 Å². The Morgan fingerprint density at radius 1 is 1.14 bits per heavy atom. The van der Waals surface area contributed by atoms with E-state index < -0.39 is 6.09 Å². The number of carbonyl (C=O) groups excluding carboxylic acids is 1. The standard InChI is InChI=1S/C27H32N4O3S/c1-3-31-25-18-22(34-15-5-12-30-13-16-35-17-14-30)10-11-23(25)24(19-28)26(31)20-6-8-21(9-7-20)29-27(32)33-4-2/h6-11,18H,3-5,12-17H2,1-2H3,(H,29,32). The molecule has 4 rings (SSSR count). The van der Waals surface area contributed by atoms with Crippen molar-refractivity contribution in [2.45, 2.75) is 26.8 Å². The van der Waals surface area contributed by atoms with Crippen molar-refractivity contribution in [1.82, 2.24) is 9.47 Å². The van der Waals surface area contributed by atoms with Crippen molar-refractivity contribution in [3.8, 4) is 23.1 Å². The van der Waals surface area contributed by atoms with Crippen LogP contribution >= 0.6 is 11.8 Å². The van der Waals surface area contributed by atoms with Crippen molar-refractivity contribution in [2.24, 2.45) is 0 Å². The summed E-state index contributed by atoms with van der Waals surface area (Å²) in [6, 6.07) is 15.9. The number of thioether (sulfide) groups is 1. The van der Waals surface area contributed by atoms with E-state index in [1.165, 1.54) is 24.6 Å². The van der Waals surface area contributed by atoms with Gasteiger partial charge in [-0.1, -0.05) is 12.1 Å². The van der Waals surface area contributed by atoms with Gasteiger partial charge in [-0.3, -0.25) is 5.32 Å². The Hall–Kier alpha value is -3.15. The Morgan fingerprint density at radius 3 is 2.60 bits per heavy atom. The summed E-state index contributed by atoms with van der Waals surface area (Å²) in [5.74, 6) is 3.27. The molecule has 0 aliphatic carbocycles. The lowest BCUT2D eigenvalue weighted by Crippen LogP contribution is -2.33. The number of anilines is 1. The number of aromatic nitrogens is 1. The average Bonchev–Trinajstić information content (AvgIpc) is 3.20. The summed E-state index contributed by atoms with van der Waals surface area (Å²) in [7, 11) is 0. The van der Waals surface area contributed by atoms with Crippen molar-refractivity contribution in [3.05, 3.63) is 48.0 Å². The molecule has 0 saturated carbocycles. The Morgan fingerprint density at radius 2 is 1.91 bits per heavy atom. The molecule has 7 nitrogen and oxygen atoms in total. The van der Waals surface area contributed by atoms with Gasteiger partial charge < -0.3 is 18.9 Å². The second-order valence-electron chi connectivity index (χ2n) is 8.34. The summed E-state index contributed by atoms with van der Waals surface area (Å²) in [6.45, 7) is 8.95. The molecule has 1 N–H and O–H groups in total. The molecule has 35 heavy (non-hydrogen) atoms. The Balaban J connectivity index is 1.53. The van der Waals surface area contributed by atoms with Crippen molar-refractivity contribution < 1.29 is 14.3 Å². The molecule has 0 spiro atoms. The molecule has 2 heterocycles. The number of rotatable bonds is 9. The molecule has 1 aromatic heterocycles. The summed E-state index contributed by atoms with van der Waals surface area (Å²) in [6.07, 6.45) is 0.515. The van der Waals surface area contributed by atoms with Crippen LogP contribution in [0.2, 0.25) is 0 Å². The largest absolute Gasteiger partial charge is 0.493 e. The summed E-state index contributed by atoms with van der Waals surface area (Å²) in [5.41, 5.74) is 4.05. The zero-order chi connectivity index (χ0) is 24.6. The Labute approximate surface area is 211 Å². The lowest BCUT2D eigenvalue weighted by Gasteiger charge is -2.25. The van der Waals surface area contributed by atoms with Gasteiger partial charge in [-0.2, -0.15) is 17.0 Å². The van der Waals surface area contributed by atoms with Gasteiger partial charge in [0.15, 0.2) is 0 Å². The number of hydrogen-bond acceptors (Lipinski definition) is 6. The smallest absolute Gasteiger partial charge is 0.411 e. The molecule has 2 aromatic carbocycles. The van der Waals surface area contributed by atoms with Gasteiger partial charge in [0.1, 0.15) is 11.8 Å². The molecule has 0 atom stereocenters. The van der Waals surface area contributed by atoms with Crippen LogP contribution in [0.15, 0.2) is 42.5 Å². The van der Waals surface area contributed by atoms with Gasteiger partial charge in [0.05, 0.1) is 30.0 Å². The quantitative estimate of drug-likeness (QED) is 0.393. The van der Waals surface area contributed by atoms with Crippen molar-refractivity contribution in [2.75, 3.05) is 49.7 Å². The van der Waals surface area contributed by atoms with E-state index >= 15 is 0 Å². The summed E-state index contributed by atoms with van der Waals surface area (Å²) < 4.78 is 13.2. The molecule has 184 valence electrons. The fraction of sp³-hybridized carbons (Fsp3) is 0.407. The maximum atomic E-state index is 11.7. The SMILES string of the molecule is CCOC(=O)Nc1ccc(-c2c(C#N)c3ccc(OCCCN4CCSCC4)cc3n2CC)cc1. The van der Waals surface area contributed by atoms with Crippen LogP contribution in [0.25, 0.3) is 22.2 Å². The van der Waals surface area contributed by atoms with Crippen LogP contribution in [0.1, 0.15) is 25.8 Å². The molecule has 3 aromatic rings. The molecule has 1 saturated heterocycles. The lowest BCUT2D eigenvalue weighted by atomic mass is 10.1. The van der Waals surface area contributed by atoms with E-state index in [0.717, 1.165) is 40.9 Å². The number of nitriles is 1. The van der Waals surface area contributed by atoms with Gasteiger partial charge in [-0.25, -0.2) is 4.79 Å². The minimum absolute atomic E-state index is 0.315.